The minimum Gasteiger partial charge on any atom is -0.369 e. The maximum absolute atomic E-state index is 12.9. The van der Waals surface area contributed by atoms with Crippen LogP contribution in [0.3, 0.4) is 0 Å². The molecule has 3 aromatic rings. The summed E-state index contributed by atoms with van der Waals surface area (Å²) in [5.74, 6) is 0.314. The van der Waals surface area contributed by atoms with Crippen molar-refractivity contribution in [3.63, 3.8) is 0 Å². The van der Waals surface area contributed by atoms with Crippen molar-refractivity contribution in [3.05, 3.63) is 71.5 Å². The molecule has 2 aromatic carbocycles. The summed E-state index contributed by atoms with van der Waals surface area (Å²) in [6.45, 7) is 8.30. The van der Waals surface area contributed by atoms with Crippen LogP contribution in [0.2, 0.25) is 0 Å². The van der Waals surface area contributed by atoms with Gasteiger partial charge in [-0.25, -0.2) is 9.97 Å². The SMILES string of the molecule is CCCc1nc(Nc2ccc(N3CCN(C)CC3)cc2)ncc1C(=O)Nc1ccccc1C. The minimum absolute atomic E-state index is 0.184. The maximum atomic E-state index is 12.9. The molecule has 1 aromatic heterocycles. The largest absolute Gasteiger partial charge is 0.369 e. The Hall–Kier alpha value is -3.45. The van der Waals surface area contributed by atoms with E-state index in [1.807, 2.05) is 31.2 Å². The number of carbonyl (C=O) groups excluding carboxylic acids is 1. The summed E-state index contributed by atoms with van der Waals surface area (Å²) in [4.78, 5) is 26.8. The van der Waals surface area contributed by atoms with Crippen LogP contribution in [0.15, 0.2) is 54.7 Å². The predicted molar refractivity (Wildman–Crippen MR) is 135 cm³/mol. The van der Waals surface area contributed by atoms with Crippen LogP contribution in [0, 0.1) is 6.92 Å². The molecule has 1 aliphatic heterocycles. The number of benzene rings is 2. The molecule has 0 atom stereocenters. The maximum Gasteiger partial charge on any atom is 0.259 e. The van der Waals surface area contributed by atoms with Crippen molar-refractivity contribution < 1.29 is 4.79 Å². The van der Waals surface area contributed by atoms with E-state index in [0.717, 1.165) is 55.2 Å². The van der Waals surface area contributed by atoms with Crippen LogP contribution < -0.4 is 15.5 Å². The van der Waals surface area contributed by atoms with Gasteiger partial charge in [-0.1, -0.05) is 31.5 Å². The van der Waals surface area contributed by atoms with E-state index in [0.29, 0.717) is 17.9 Å². The zero-order valence-corrected chi connectivity index (χ0v) is 19.6. The van der Waals surface area contributed by atoms with Crippen molar-refractivity contribution in [1.82, 2.24) is 14.9 Å². The molecule has 7 heteroatoms. The third kappa shape index (κ3) is 5.68. The molecule has 7 nitrogen and oxygen atoms in total. The van der Waals surface area contributed by atoms with Crippen LogP contribution in [-0.4, -0.2) is 54.0 Å². The van der Waals surface area contributed by atoms with Crippen LogP contribution >= 0.6 is 0 Å². The fourth-order valence-electron chi connectivity index (χ4n) is 3.95. The van der Waals surface area contributed by atoms with Crippen molar-refractivity contribution in [3.8, 4) is 0 Å². The van der Waals surface area contributed by atoms with Crippen molar-refractivity contribution >= 4 is 28.9 Å². The van der Waals surface area contributed by atoms with Crippen molar-refractivity contribution in [2.24, 2.45) is 0 Å². The molecule has 0 bridgehead atoms. The molecule has 0 saturated carbocycles. The molecule has 0 radical (unpaired) electrons. The first-order valence-corrected chi connectivity index (χ1v) is 11.6. The van der Waals surface area contributed by atoms with Crippen molar-refractivity contribution in [1.29, 1.82) is 0 Å². The van der Waals surface area contributed by atoms with Gasteiger partial charge < -0.3 is 20.4 Å². The first kappa shape index (κ1) is 22.7. The van der Waals surface area contributed by atoms with E-state index in [2.05, 4.69) is 68.6 Å². The Balaban J connectivity index is 1.47. The van der Waals surface area contributed by atoms with Gasteiger partial charge in [-0.2, -0.15) is 0 Å². The lowest BCUT2D eigenvalue weighted by molar-refractivity contribution is 0.102. The summed E-state index contributed by atoms with van der Waals surface area (Å²) in [5, 5.41) is 6.27. The van der Waals surface area contributed by atoms with Gasteiger partial charge in [-0.15, -0.1) is 0 Å². The van der Waals surface area contributed by atoms with Crippen LogP contribution in [-0.2, 0) is 6.42 Å². The first-order valence-electron chi connectivity index (χ1n) is 11.6. The molecular weight excluding hydrogens is 412 g/mol. The van der Waals surface area contributed by atoms with Gasteiger partial charge in [-0.3, -0.25) is 4.79 Å². The number of aryl methyl sites for hydroxylation is 2. The van der Waals surface area contributed by atoms with Gasteiger partial charge in [0, 0.05) is 49.4 Å². The molecule has 1 amide bonds. The number of para-hydroxylation sites is 1. The molecule has 0 spiro atoms. The standard InChI is InChI=1S/C26H32N6O/c1-4-7-24-22(25(33)29-23-9-6-5-8-19(23)2)18-27-26(30-24)28-20-10-12-21(13-11-20)32-16-14-31(3)15-17-32/h5-6,8-13,18H,4,7,14-17H2,1-3H3,(H,29,33)(H,27,28,30). The average molecular weight is 445 g/mol. The number of hydrogen-bond acceptors (Lipinski definition) is 6. The lowest BCUT2D eigenvalue weighted by Crippen LogP contribution is -2.44. The summed E-state index contributed by atoms with van der Waals surface area (Å²) < 4.78 is 0. The zero-order valence-electron chi connectivity index (χ0n) is 19.6. The number of nitrogens with one attached hydrogen (secondary N) is 2. The first-order chi connectivity index (χ1) is 16.0. The molecule has 0 unspecified atom stereocenters. The fourth-order valence-corrected chi connectivity index (χ4v) is 3.95. The number of hydrogen-bond donors (Lipinski definition) is 2. The Bertz CT molecular complexity index is 1090. The predicted octanol–water partition coefficient (Wildman–Crippen LogP) is 4.49. The summed E-state index contributed by atoms with van der Waals surface area (Å²) in [7, 11) is 2.16. The van der Waals surface area contributed by atoms with Gasteiger partial charge >= 0.3 is 0 Å². The number of anilines is 4. The van der Waals surface area contributed by atoms with E-state index in [9.17, 15) is 4.79 Å². The number of nitrogens with zero attached hydrogens (tertiary/aromatic N) is 4. The van der Waals surface area contributed by atoms with E-state index in [-0.39, 0.29) is 5.91 Å². The number of amides is 1. The lowest BCUT2D eigenvalue weighted by Gasteiger charge is -2.34. The number of likely N-dealkylation sites (N-methyl/N-ethyl adjacent to an activating group) is 1. The van der Waals surface area contributed by atoms with Crippen LogP contribution in [0.5, 0.6) is 0 Å². The number of rotatable bonds is 7. The van der Waals surface area contributed by atoms with Gasteiger partial charge in [0.1, 0.15) is 0 Å². The molecule has 1 aliphatic rings. The Morgan fingerprint density at radius 1 is 1.03 bits per heavy atom. The van der Waals surface area contributed by atoms with Gasteiger partial charge in [0.05, 0.1) is 11.3 Å². The van der Waals surface area contributed by atoms with E-state index in [1.165, 1.54) is 5.69 Å². The Labute approximate surface area is 195 Å². The fraction of sp³-hybridized carbons (Fsp3) is 0.346. The van der Waals surface area contributed by atoms with Gasteiger partial charge in [0.15, 0.2) is 0 Å². The van der Waals surface area contributed by atoms with Crippen LogP contribution in [0.25, 0.3) is 0 Å². The third-order valence-corrected chi connectivity index (χ3v) is 5.98. The highest BCUT2D eigenvalue weighted by Gasteiger charge is 2.16. The second-order valence-corrected chi connectivity index (χ2v) is 8.54. The van der Waals surface area contributed by atoms with E-state index in [4.69, 9.17) is 0 Å². The Morgan fingerprint density at radius 2 is 1.76 bits per heavy atom. The quantitative estimate of drug-likeness (QED) is 0.560. The minimum atomic E-state index is -0.184. The van der Waals surface area contributed by atoms with E-state index >= 15 is 0 Å². The monoisotopic (exact) mass is 444 g/mol. The van der Waals surface area contributed by atoms with E-state index < -0.39 is 0 Å². The summed E-state index contributed by atoms with van der Waals surface area (Å²) in [5.41, 5.74) is 5.22. The molecule has 4 rings (SSSR count). The van der Waals surface area contributed by atoms with Crippen LogP contribution in [0.1, 0.15) is 35.0 Å². The Kier molecular flexibility index (Phi) is 7.19. The molecule has 1 saturated heterocycles. The van der Waals surface area contributed by atoms with Gasteiger partial charge in [0.2, 0.25) is 5.95 Å². The molecule has 2 heterocycles. The number of carbonyl (C=O) groups is 1. The molecule has 172 valence electrons. The number of piperazine rings is 1. The summed E-state index contributed by atoms with van der Waals surface area (Å²) >= 11 is 0. The highest BCUT2D eigenvalue weighted by molar-refractivity contribution is 6.05. The molecule has 2 N–H and O–H groups in total. The van der Waals surface area contributed by atoms with Crippen LogP contribution in [0.4, 0.5) is 23.0 Å². The second kappa shape index (κ2) is 10.4. The molecular formula is C26H32N6O. The molecule has 33 heavy (non-hydrogen) atoms. The van der Waals surface area contributed by atoms with Crippen molar-refractivity contribution in [2.45, 2.75) is 26.7 Å². The molecule has 0 aliphatic carbocycles. The average Bonchev–Trinajstić information content (AvgIpc) is 2.82. The van der Waals surface area contributed by atoms with Gasteiger partial charge in [-0.05, 0) is 56.3 Å². The topological polar surface area (TPSA) is 73.4 Å². The smallest absolute Gasteiger partial charge is 0.259 e. The summed E-state index contributed by atoms with van der Waals surface area (Å²) in [6.07, 6.45) is 3.21. The zero-order chi connectivity index (χ0) is 23.2. The number of aromatic nitrogens is 2. The molecule has 1 fully saturated rings. The van der Waals surface area contributed by atoms with Gasteiger partial charge in [0.25, 0.3) is 5.91 Å². The second-order valence-electron chi connectivity index (χ2n) is 8.54. The highest BCUT2D eigenvalue weighted by atomic mass is 16.1. The van der Waals surface area contributed by atoms with Crippen molar-refractivity contribution in [2.75, 3.05) is 48.8 Å². The third-order valence-electron chi connectivity index (χ3n) is 5.98. The normalized spacial score (nSPS) is 14.2. The summed E-state index contributed by atoms with van der Waals surface area (Å²) in [6, 6.07) is 16.1. The lowest BCUT2D eigenvalue weighted by atomic mass is 10.1. The van der Waals surface area contributed by atoms with E-state index in [1.54, 1.807) is 6.20 Å². The Morgan fingerprint density at radius 3 is 2.45 bits per heavy atom. The highest BCUT2D eigenvalue weighted by Crippen LogP contribution is 2.22.